The van der Waals surface area contributed by atoms with Gasteiger partial charge in [-0.05, 0) is 67.6 Å². The molecule has 3 rings (SSSR count). The van der Waals surface area contributed by atoms with Gasteiger partial charge in [-0.3, -0.25) is 5.41 Å². The van der Waals surface area contributed by atoms with Crippen LogP contribution >= 0.6 is 0 Å². The van der Waals surface area contributed by atoms with Gasteiger partial charge in [0.2, 0.25) is 5.96 Å². The molecule has 182 valence electrons. The van der Waals surface area contributed by atoms with Crippen molar-refractivity contribution in [3.05, 3.63) is 53.6 Å². The van der Waals surface area contributed by atoms with Gasteiger partial charge in [0.25, 0.3) is 0 Å². The zero-order chi connectivity index (χ0) is 25.2. The van der Waals surface area contributed by atoms with Crippen molar-refractivity contribution < 1.29 is 24.1 Å². The van der Waals surface area contributed by atoms with Gasteiger partial charge in [0.05, 0.1) is 25.7 Å². The molecule has 0 bridgehead atoms. The third kappa shape index (κ3) is 7.31. The minimum atomic E-state index is -1.06. The van der Waals surface area contributed by atoms with Crippen LogP contribution in [0.15, 0.2) is 42.5 Å². The highest BCUT2D eigenvalue weighted by atomic mass is 16.5. The Morgan fingerprint density at radius 3 is 2.54 bits per heavy atom. The molecule has 1 unspecified atom stereocenters. The first-order valence-electron chi connectivity index (χ1n) is 11.2. The van der Waals surface area contributed by atoms with Crippen molar-refractivity contribution >= 4 is 11.9 Å². The topological polar surface area (TPSA) is 142 Å². The van der Waals surface area contributed by atoms with Crippen molar-refractivity contribution in [2.45, 2.75) is 37.7 Å². The summed E-state index contributed by atoms with van der Waals surface area (Å²) in [6.45, 7) is -0.335. The highest BCUT2D eigenvalue weighted by molar-refractivity contribution is 5.76. The van der Waals surface area contributed by atoms with E-state index in [-0.39, 0.29) is 18.6 Å². The van der Waals surface area contributed by atoms with Crippen LogP contribution in [0.4, 0.5) is 0 Å². The molecule has 1 fully saturated rings. The average molecular weight is 477 g/mol. The standard InChI is InChI=1S/C26H28N4O5/c1-33-23-13-10-19(14-24(23)35-22-4-2-3-5-22)20(15-30(17-27)26(28)29)9-6-18-7-11-21(12-8-18)34-16-25(31)32/h7-8,10-14,20,22H,2-5,15-16H2,1H3,(H3,28,29)(H,31,32). The van der Waals surface area contributed by atoms with Crippen LogP contribution in [-0.2, 0) is 4.79 Å². The number of aliphatic carboxylic acids is 1. The molecule has 9 nitrogen and oxygen atoms in total. The van der Waals surface area contributed by atoms with E-state index in [4.69, 9.17) is 30.5 Å². The Morgan fingerprint density at radius 2 is 1.94 bits per heavy atom. The van der Waals surface area contributed by atoms with Gasteiger partial charge in [0, 0.05) is 5.56 Å². The van der Waals surface area contributed by atoms with E-state index in [0.717, 1.165) is 36.1 Å². The summed E-state index contributed by atoms with van der Waals surface area (Å²) in [7, 11) is 1.59. The highest BCUT2D eigenvalue weighted by Crippen LogP contribution is 2.34. The molecule has 0 amide bonds. The van der Waals surface area contributed by atoms with Crippen LogP contribution in [0, 0.1) is 28.7 Å². The van der Waals surface area contributed by atoms with Crippen molar-refractivity contribution in [3.8, 4) is 35.3 Å². The van der Waals surface area contributed by atoms with E-state index in [9.17, 15) is 10.1 Å². The normalized spacial score (nSPS) is 13.6. The van der Waals surface area contributed by atoms with Crippen LogP contribution < -0.4 is 19.9 Å². The second kappa shape index (κ2) is 12.2. The maximum absolute atomic E-state index is 10.7. The fourth-order valence-corrected chi connectivity index (χ4v) is 3.75. The van der Waals surface area contributed by atoms with Gasteiger partial charge in [0.15, 0.2) is 24.3 Å². The number of methoxy groups -OCH3 is 1. The predicted molar refractivity (Wildman–Crippen MR) is 129 cm³/mol. The third-order valence-electron chi connectivity index (χ3n) is 5.57. The number of ether oxygens (including phenoxy) is 3. The fraction of sp³-hybridized carbons (Fsp3) is 0.346. The number of nitrogens with one attached hydrogen (secondary N) is 1. The molecule has 4 N–H and O–H groups in total. The molecule has 35 heavy (non-hydrogen) atoms. The largest absolute Gasteiger partial charge is 0.493 e. The Kier molecular flexibility index (Phi) is 8.80. The molecule has 1 atom stereocenters. The number of hydrogen-bond donors (Lipinski definition) is 3. The second-order valence-electron chi connectivity index (χ2n) is 8.06. The summed E-state index contributed by atoms with van der Waals surface area (Å²) in [5, 5.41) is 25.8. The Balaban J connectivity index is 1.88. The van der Waals surface area contributed by atoms with Crippen LogP contribution in [0.3, 0.4) is 0 Å². The molecule has 2 aromatic carbocycles. The molecule has 0 aliphatic heterocycles. The fourth-order valence-electron chi connectivity index (χ4n) is 3.75. The van der Waals surface area contributed by atoms with Gasteiger partial charge in [0.1, 0.15) is 5.75 Å². The van der Waals surface area contributed by atoms with Crippen LogP contribution in [0.25, 0.3) is 0 Å². The van der Waals surface area contributed by atoms with Gasteiger partial charge < -0.3 is 25.1 Å². The minimum Gasteiger partial charge on any atom is -0.493 e. The maximum atomic E-state index is 10.7. The van der Waals surface area contributed by atoms with Crippen LogP contribution in [-0.4, -0.2) is 48.3 Å². The number of nitrogens with zero attached hydrogens (tertiary/aromatic N) is 2. The smallest absolute Gasteiger partial charge is 0.341 e. The van der Waals surface area contributed by atoms with Crippen molar-refractivity contribution in [1.29, 1.82) is 10.7 Å². The summed E-state index contributed by atoms with van der Waals surface area (Å²) in [5.74, 6) is 6.04. The molecule has 0 spiro atoms. The van der Waals surface area contributed by atoms with Crippen LogP contribution in [0.2, 0.25) is 0 Å². The number of hydrogen-bond acceptors (Lipinski definition) is 6. The van der Waals surface area contributed by atoms with E-state index < -0.39 is 18.5 Å². The Labute approximate surface area is 204 Å². The molecule has 1 saturated carbocycles. The summed E-state index contributed by atoms with van der Waals surface area (Å²) in [6, 6.07) is 12.3. The number of nitrogens with two attached hydrogens (primary N) is 1. The SMILES string of the molecule is COc1ccc(C(C#Cc2ccc(OCC(=O)O)cc2)CN(C#N)C(=N)N)cc1OC1CCCC1. The quantitative estimate of drug-likeness (QED) is 0.165. The lowest BCUT2D eigenvalue weighted by Crippen LogP contribution is -2.35. The lowest BCUT2D eigenvalue weighted by atomic mass is 9.98. The van der Waals surface area contributed by atoms with Crippen molar-refractivity contribution in [3.63, 3.8) is 0 Å². The molecule has 0 aromatic heterocycles. The molecule has 0 radical (unpaired) electrons. The summed E-state index contributed by atoms with van der Waals surface area (Å²) < 4.78 is 16.8. The number of carboxylic acid groups (broad SMARTS) is 1. The minimum absolute atomic E-state index is 0.0911. The predicted octanol–water partition coefficient (Wildman–Crippen LogP) is 3.29. The van der Waals surface area contributed by atoms with Crippen molar-refractivity contribution in [1.82, 2.24) is 4.90 Å². The van der Waals surface area contributed by atoms with E-state index in [1.807, 2.05) is 24.4 Å². The number of carboxylic acids is 1. The number of rotatable bonds is 9. The number of nitriles is 1. The molecule has 1 aliphatic carbocycles. The monoisotopic (exact) mass is 476 g/mol. The van der Waals surface area contributed by atoms with E-state index in [1.165, 1.54) is 0 Å². The van der Waals surface area contributed by atoms with Crippen LogP contribution in [0.1, 0.15) is 42.7 Å². The van der Waals surface area contributed by atoms with Gasteiger partial charge in [-0.15, -0.1) is 0 Å². The maximum Gasteiger partial charge on any atom is 0.341 e. The van der Waals surface area contributed by atoms with E-state index >= 15 is 0 Å². The van der Waals surface area contributed by atoms with Gasteiger partial charge in [-0.1, -0.05) is 17.9 Å². The molecular weight excluding hydrogens is 448 g/mol. The molecule has 1 aliphatic rings. The molecule has 0 saturated heterocycles. The van der Waals surface area contributed by atoms with Gasteiger partial charge in [-0.2, -0.15) is 5.26 Å². The summed E-state index contributed by atoms with van der Waals surface area (Å²) in [4.78, 5) is 11.7. The average Bonchev–Trinajstić information content (AvgIpc) is 3.36. The number of benzene rings is 2. The Morgan fingerprint density at radius 1 is 1.23 bits per heavy atom. The Bertz CT molecular complexity index is 1140. The van der Waals surface area contributed by atoms with E-state index in [2.05, 4.69) is 11.8 Å². The summed E-state index contributed by atoms with van der Waals surface area (Å²) in [5.41, 5.74) is 7.05. The number of guanidine groups is 1. The molecule has 9 heteroatoms. The van der Waals surface area contributed by atoms with Crippen molar-refractivity contribution in [2.75, 3.05) is 20.3 Å². The second-order valence-corrected chi connectivity index (χ2v) is 8.06. The molecular formula is C26H28N4O5. The van der Waals surface area contributed by atoms with Gasteiger partial charge >= 0.3 is 5.97 Å². The lowest BCUT2D eigenvalue weighted by Gasteiger charge is -2.21. The first-order chi connectivity index (χ1) is 16.9. The molecule has 2 aromatic rings. The third-order valence-corrected chi connectivity index (χ3v) is 5.57. The molecule has 0 heterocycles. The lowest BCUT2D eigenvalue weighted by molar-refractivity contribution is -0.139. The highest BCUT2D eigenvalue weighted by Gasteiger charge is 2.21. The van der Waals surface area contributed by atoms with E-state index in [1.54, 1.807) is 31.4 Å². The van der Waals surface area contributed by atoms with Crippen molar-refractivity contribution in [2.24, 2.45) is 5.73 Å². The first-order valence-corrected chi connectivity index (χ1v) is 11.2. The zero-order valence-corrected chi connectivity index (χ0v) is 19.5. The van der Waals surface area contributed by atoms with Gasteiger partial charge in [-0.25, -0.2) is 9.69 Å². The van der Waals surface area contributed by atoms with Crippen LogP contribution in [0.5, 0.6) is 17.2 Å². The van der Waals surface area contributed by atoms with E-state index in [0.29, 0.717) is 22.8 Å². The summed E-state index contributed by atoms with van der Waals surface area (Å²) >= 11 is 0. The number of carbonyl (C=O) groups is 1. The summed E-state index contributed by atoms with van der Waals surface area (Å²) in [6.07, 6.45) is 6.32. The first kappa shape index (κ1) is 25.3. The zero-order valence-electron chi connectivity index (χ0n) is 19.5. The Hall–Kier alpha value is -4.37.